The van der Waals surface area contributed by atoms with E-state index in [4.69, 9.17) is 23.2 Å². The van der Waals surface area contributed by atoms with E-state index >= 15 is 0 Å². The van der Waals surface area contributed by atoms with Gasteiger partial charge in [0.25, 0.3) is 0 Å². The van der Waals surface area contributed by atoms with Crippen molar-refractivity contribution in [3.63, 3.8) is 0 Å². The highest BCUT2D eigenvalue weighted by Crippen LogP contribution is 2.38. The quantitative estimate of drug-likeness (QED) is 0.165. The molecule has 4 nitrogen and oxygen atoms in total. The first-order chi connectivity index (χ1) is 30.6. The van der Waals surface area contributed by atoms with Crippen LogP contribution < -0.4 is 0 Å². The van der Waals surface area contributed by atoms with Crippen LogP contribution in [-0.2, 0) is 0 Å². The van der Waals surface area contributed by atoms with Gasteiger partial charge in [0.1, 0.15) is 0 Å². The van der Waals surface area contributed by atoms with Crippen molar-refractivity contribution in [2.75, 3.05) is 0 Å². The van der Waals surface area contributed by atoms with Crippen LogP contribution in [0.3, 0.4) is 0 Å². The summed E-state index contributed by atoms with van der Waals surface area (Å²) in [7, 11) is 0. The van der Waals surface area contributed by atoms with Gasteiger partial charge in [0.05, 0.1) is 27.7 Å². The van der Waals surface area contributed by atoms with Gasteiger partial charge in [-0.25, -0.2) is 15.0 Å². The van der Waals surface area contributed by atoms with Crippen LogP contribution in [0.5, 0.6) is 0 Å². The highest BCUT2D eigenvalue weighted by molar-refractivity contribution is 6.09. The van der Waals surface area contributed by atoms with Crippen molar-refractivity contribution in [3.05, 3.63) is 206 Å². The molecule has 10 rings (SSSR count). The monoisotopic (exact) mass is 710 g/mol. The molecule has 0 radical (unpaired) electrons. The summed E-state index contributed by atoms with van der Waals surface area (Å²) >= 11 is 0. The molecule has 55 heavy (non-hydrogen) atoms. The Morgan fingerprint density at radius 3 is 1.36 bits per heavy atom. The zero-order valence-electron chi connectivity index (χ0n) is 37.3. The lowest BCUT2D eigenvalue weighted by molar-refractivity contribution is 1.07. The number of rotatable bonds is 7. The first-order valence-corrected chi connectivity index (χ1v) is 17.9. The molecule has 0 saturated heterocycles. The van der Waals surface area contributed by atoms with Gasteiger partial charge in [0.2, 0.25) is 0 Å². The van der Waals surface area contributed by atoms with Crippen molar-refractivity contribution >= 4 is 21.8 Å². The van der Waals surface area contributed by atoms with Crippen molar-refractivity contribution in [1.29, 1.82) is 0 Å². The fourth-order valence-electron chi connectivity index (χ4n) is 7.05. The zero-order chi connectivity index (χ0) is 43.5. The average Bonchev–Trinajstić information content (AvgIpc) is 3.71. The number of benzene rings is 8. The Kier molecular flexibility index (Phi) is 6.23. The van der Waals surface area contributed by atoms with Crippen molar-refractivity contribution in [2.45, 2.75) is 0 Å². The van der Waals surface area contributed by atoms with Gasteiger partial charge >= 0.3 is 0 Å². The smallest absolute Gasteiger partial charge is 0.164 e. The Morgan fingerprint density at radius 1 is 0.345 bits per heavy atom. The molecule has 0 spiro atoms. The Balaban J connectivity index is 1.21. The largest absolute Gasteiger partial charge is 0.309 e. The first kappa shape index (κ1) is 24.7. The molecule has 0 bridgehead atoms. The normalized spacial score (nSPS) is 13.3. The molecule has 10 aromatic rings. The van der Waals surface area contributed by atoms with E-state index in [2.05, 4.69) is 36.4 Å². The average molecular weight is 711 g/mol. The second-order valence-corrected chi connectivity index (χ2v) is 13.1. The fraction of sp³-hybridized carbons (Fsp3) is 0. The minimum Gasteiger partial charge on any atom is -0.309 e. The highest BCUT2D eigenvalue weighted by atomic mass is 15.0. The molecule has 0 amide bonds. The summed E-state index contributed by atoms with van der Waals surface area (Å²) < 4.78 is 72.5. The molecule has 2 aromatic heterocycles. The van der Waals surface area contributed by atoms with Crippen molar-refractivity contribution < 1.29 is 11.0 Å². The molecular formula is C51H34N4. The maximum Gasteiger partial charge on any atom is 0.164 e. The van der Waals surface area contributed by atoms with Gasteiger partial charge < -0.3 is 4.57 Å². The maximum atomic E-state index is 9.20. The summed E-state index contributed by atoms with van der Waals surface area (Å²) in [6.45, 7) is 0. The predicted molar refractivity (Wildman–Crippen MR) is 227 cm³/mol. The molecule has 0 fully saturated rings. The summed E-state index contributed by atoms with van der Waals surface area (Å²) in [5.41, 5.74) is 8.17. The Bertz CT molecular complexity index is 3340. The van der Waals surface area contributed by atoms with Gasteiger partial charge in [-0.2, -0.15) is 0 Å². The van der Waals surface area contributed by atoms with E-state index in [1.807, 2.05) is 121 Å². The third-order valence-corrected chi connectivity index (χ3v) is 9.73. The molecule has 0 saturated carbocycles. The topological polar surface area (TPSA) is 43.6 Å². The van der Waals surface area contributed by atoms with E-state index in [1.165, 1.54) is 0 Å². The Morgan fingerprint density at radius 2 is 0.764 bits per heavy atom. The molecule has 2 heterocycles. The summed E-state index contributed by atoms with van der Waals surface area (Å²) in [6, 6.07) is 47.7. The van der Waals surface area contributed by atoms with Crippen LogP contribution in [0.25, 0.3) is 95.0 Å². The van der Waals surface area contributed by atoms with Crippen molar-refractivity contribution in [1.82, 2.24) is 19.5 Å². The number of hydrogen-bond donors (Lipinski definition) is 0. The summed E-state index contributed by atoms with van der Waals surface area (Å²) in [5, 5.41) is -0.00775. The van der Waals surface area contributed by atoms with Crippen LogP contribution in [0.1, 0.15) is 11.0 Å². The highest BCUT2D eigenvalue weighted by Gasteiger charge is 2.19. The van der Waals surface area contributed by atoms with E-state index in [0.717, 1.165) is 38.9 Å². The molecule has 0 aliphatic rings. The number of hydrogen-bond acceptors (Lipinski definition) is 3. The number of aromatic nitrogens is 4. The lowest BCUT2D eigenvalue weighted by atomic mass is 9.99. The van der Waals surface area contributed by atoms with E-state index in [-0.39, 0.29) is 33.9 Å². The van der Waals surface area contributed by atoms with E-state index in [9.17, 15) is 2.74 Å². The number of fused-ring (bicyclic) bond motifs is 3. The number of para-hydroxylation sites is 2. The molecule has 0 aliphatic heterocycles. The summed E-state index contributed by atoms with van der Waals surface area (Å²) in [5.74, 6) is 1.18. The van der Waals surface area contributed by atoms with Crippen LogP contribution in [0.4, 0.5) is 0 Å². The van der Waals surface area contributed by atoms with Gasteiger partial charge in [-0.1, -0.05) is 182 Å². The summed E-state index contributed by atoms with van der Waals surface area (Å²) in [6.07, 6.45) is 0. The van der Waals surface area contributed by atoms with Crippen molar-refractivity contribution in [3.8, 4) is 73.2 Å². The van der Waals surface area contributed by atoms with Gasteiger partial charge in [0.15, 0.2) is 17.5 Å². The van der Waals surface area contributed by atoms with E-state index < -0.39 is 36.3 Å². The minimum atomic E-state index is -0.504. The zero-order valence-corrected chi connectivity index (χ0v) is 29.3. The van der Waals surface area contributed by atoms with Crippen LogP contribution in [0, 0.1) is 0 Å². The molecule has 258 valence electrons. The molecule has 0 unspecified atom stereocenters. The minimum absolute atomic E-state index is 0.00388. The molecule has 0 aliphatic carbocycles. The number of nitrogens with zero attached hydrogens (tertiary/aromatic N) is 4. The molecule has 4 heteroatoms. The predicted octanol–water partition coefficient (Wildman–Crippen LogP) is 13.0. The van der Waals surface area contributed by atoms with Gasteiger partial charge in [-0.05, 0) is 52.0 Å². The van der Waals surface area contributed by atoms with Crippen LogP contribution in [0.2, 0.25) is 0 Å². The third-order valence-electron chi connectivity index (χ3n) is 9.73. The lowest BCUT2D eigenvalue weighted by Gasteiger charge is -2.16. The standard InChI is InChI=1S/C51H34N4/c1-4-15-35(16-5-1)36-27-29-37(30-28-36)40-21-14-22-41(33-40)50-52-49(39-19-8-3-9-20-39)53-51(54-50)42-31-32-43(38-17-6-2-7-18-38)48(34-42)55-46-25-12-10-23-44(46)45-24-11-13-26-47(45)55/h1-34H/i10D,11D,12D,13D,23D,24D,25D,26D. The van der Waals surface area contributed by atoms with Crippen LogP contribution in [-0.4, -0.2) is 19.5 Å². The molecule has 8 aromatic carbocycles. The van der Waals surface area contributed by atoms with Crippen LogP contribution in [0.15, 0.2) is 206 Å². The molecule has 0 atom stereocenters. The van der Waals surface area contributed by atoms with Gasteiger partial charge in [0, 0.05) is 33.0 Å². The van der Waals surface area contributed by atoms with E-state index in [0.29, 0.717) is 34.3 Å². The molecule has 0 N–H and O–H groups in total. The second-order valence-electron chi connectivity index (χ2n) is 13.1. The van der Waals surface area contributed by atoms with Gasteiger partial charge in [-0.15, -0.1) is 0 Å². The summed E-state index contributed by atoms with van der Waals surface area (Å²) in [4.78, 5) is 15.1. The lowest BCUT2D eigenvalue weighted by Crippen LogP contribution is -2.02. The van der Waals surface area contributed by atoms with Crippen molar-refractivity contribution in [2.24, 2.45) is 0 Å². The van der Waals surface area contributed by atoms with Crippen LogP contribution >= 0.6 is 0 Å². The fourth-order valence-corrected chi connectivity index (χ4v) is 7.05. The molecular weight excluding hydrogens is 669 g/mol. The van der Waals surface area contributed by atoms with Gasteiger partial charge in [-0.3, -0.25) is 0 Å². The second kappa shape index (κ2) is 13.8. The third kappa shape index (κ3) is 6.06. The Labute approximate surface area is 331 Å². The SMILES string of the molecule is [2H]c1c([2H])c([2H])c2c(c1[2H])c1c([2H])c([2H])c([2H])c([2H])c1n2-c1cc(-c2nc(-c3ccccc3)nc(-c3cccc(-c4ccc(-c5ccccc5)cc4)c3)n2)ccc1-c1ccccc1. The van der Waals surface area contributed by atoms with E-state index in [1.54, 1.807) is 4.57 Å². The first-order valence-electron chi connectivity index (χ1n) is 21.9. The maximum absolute atomic E-state index is 9.20. The Hall–Kier alpha value is -7.43.